The third-order valence-electron chi connectivity index (χ3n) is 5.34. The zero-order valence-corrected chi connectivity index (χ0v) is 17.6. The maximum atomic E-state index is 13.7. The molecule has 182 valence electrons. The molecule has 1 saturated heterocycles. The van der Waals surface area contributed by atoms with Crippen LogP contribution in [0.15, 0.2) is 42.5 Å². The van der Waals surface area contributed by atoms with Crippen molar-refractivity contribution in [3.63, 3.8) is 0 Å². The van der Waals surface area contributed by atoms with Crippen molar-refractivity contribution in [2.75, 3.05) is 19.0 Å². The van der Waals surface area contributed by atoms with Crippen molar-refractivity contribution in [3.8, 4) is 11.8 Å². The highest BCUT2D eigenvalue weighted by atomic mass is 19.4. The number of methoxy groups -OCH3 is 1. The first kappa shape index (κ1) is 25.2. The molecule has 1 aliphatic heterocycles. The summed E-state index contributed by atoms with van der Waals surface area (Å²) >= 11 is 0. The van der Waals surface area contributed by atoms with Gasteiger partial charge in [-0.3, -0.25) is 10.6 Å². The van der Waals surface area contributed by atoms with Gasteiger partial charge in [0.25, 0.3) is 0 Å². The molecule has 2 N–H and O–H groups in total. The predicted molar refractivity (Wildman–Crippen MR) is 108 cm³/mol. The third kappa shape index (κ3) is 5.91. The normalized spacial score (nSPS) is 20.5. The van der Waals surface area contributed by atoms with E-state index in [0.29, 0.717) is 17.5 Å². The van der Waals surface area contributed by atoms with Crippen LogP contribution in [0.2, 0.25) is 0 Å². The Morgan fingerprint density at radius 2 is 1.82 bits per heavy atom. The molecule has 3 rings (SSSR count). The van der Waals surface area contributed by atoms with Gasteiger partial charge >= 0.3 is 18.4 Å². The van der Waals surface area contributed by atoms with Gasteiger partial charge in [-0.15, -0.1) is 0 Å². The molecule has 0 aliphatic carbocycles. The fraction of sp³-hybridized carbons (Fsp3) is 0.364. The van der Waals surface area contributed by atoms with Crippen LogP contribution >= 0.6 is 0 Å². The second kappa shape index (κ2) is 9.80. The quantitative estimate of drug-likeness (QED) is 0.566. The number of amides is 1. The van der Waals surface area contributed by atoms with Crippen molar-refractivity contribution >= 4 is 11.8 Å². The summed E-state index contributed by atoms with van der Waals surface area (Å²) < 4.78 is 90.9. The Morgan fingerprint density at radius 3 is 2.38 bits per heavy atom. The minimum Gasteiger partial charge on any atom is -0.492 e. The van der Waals surface area contributed by atoms with Crippen molar-refractivity contribution in [2.24, 2.45) is 0 Å². The van der Waals surface area contributed by atoms with Crippen LogP contribution in [0.4, 0.5) is 36.8 Å². The molecule has 1 unspecified atom stereocenters. The van der Waals surface area contributed by atoms with E-state index in [0.717, 1.165) is 12.1 Å². The van der Waals surface area contributed by atoms with E-state index in [1.807, 2.05) is 0 Å². The van der Waals surface area contributed by atoms with Crippen LogP contribution in [-0.2, 0) is 10.9 Å². The molecule has 1 amide bonds. The number of hydrogen-bond acceptors (Lipinski definition) is 5. The summed E-state index contributed by atoms with van der Waals surface area (Å²) in [6.07, 6.45) is -10.4. The number of carbonyl (C=O) groups excluding carboxylic acids is 1. The maximum Gasteiger partial charge on any atom is 0.417 e. The van der Waals surface area contributed by atoms with E-state index in [1.165, 1.54) is 37.4 Å². The molecule has 0 bridgehead atoms. The first-order chi connectivity index (χ1) is 15.9. The predicted octanol–water partition coefficient (Wildman–Crippen LogP) is 5.21. The third-order valence-corrected chi connectivity index (χ3v) is 5.34. The summed E-state index contributed by atoms with van der Waals surface area (Å²) in [5.74, 6) is -0.976. The van der Waals surface area contributed by atoms with E-state index in [2.05, 4.69) is 15.4 Å². The zero-order valence-electron chi connectivity index (χ0n) is 17.6. The highest BCUT2D eigenvalue weighted by Gasteiger charge is 2.51. The van der Waals surface area contributed by atoms with E-state index >= 15 is 0 Å². The van der Waals surface area contributed by atoms with Crippen LogP contribution in [-0.4, -0.2) is 38.1 Å². The second-order valence-electron chi connectivity index (χ2n) is 7.59. The lowest BCUT2D eigenvalue weighted by Crippen LogP contribution is -2.44. The molecule has 1 heterocycles. The smallest absolute Gasteiger partial charge is 0.417 e. The van der Waals surface area contributed by atoms with Crippen LogP contribution in [0.5, 0.6) is 5.75 Å². The van der Waals surface area contributed by atoms with Crippen LogP contribution in [0.1, 0.15) is 29.0 Å². The molecule has 3 atom stereocenters. The van der Waals surface area contributed by atoms with Gasteiger partial charge in [0.05, 0.1) is 24.3 Å². The summed E-state index contributed by atoms with van der Waals surface area (Å²) in [7, 11) is 1.20. The van der Waals surface area contributed by atoms with Crippen LogP contribution < -0.4 is 15.4 Å². The Bertz CT molecular complexity index is 1060. The number of nitriles is 1. The summed E-state index contributed by atoms with van der Waals surface area (Å²) in [5, 5.41) is 13.8. The fourth-order valence-corrected chi connectivity index (χ4v) is 3.77. The number of ether oxygens (including phenoxy) is 2. The molecule has 0 spiro atoms. The number of nitrogens with zero attached hydrogens (tertiary/aromatic N) is 1. The first-order valence-corrected chi connectivity index (χ1v) is 9.94. The molecule has 6 nitrogen and oxygen atoms in total. The number of rotatable bonds is 5. The standard InChI is InChI=1S/C22H19F6N3O3/c1-33-20(32)31-14-4-6-16(7-5-14)34-11-15-9-17(19(30-15)22(26,27)28)12-2-3-13(10-29)18(8-12)21(23,24)25/h2-8,15,17,19,30H,9,11H2,1H3,(H,31,32)/t15-,17?,19+/m0/s1. The second-order valence-corrected chi connectivity index (χ2v) is 7.59. The van der Waals surface area contributed by atoms with E-state index in [1.54, 1.807) is 0 Å². The largest absolute Gasteiger partial charge is 0.492 e. The topological polar surface area (TPSA) is 83.4 Å². The van der Waals surface area contributed by atoms with Gasteiger partial charge in [-0.2, -0.15) is 31.6 Å². The highest BCUT2D eigenvalue weighted by Crippen LogP contribution is 2.42. The number of carbonyl (C=O) groups is 1. The Morgan fingerprint density at radius 1 is 1.15 bits per heavy atom. The van der Waals surface area contributed by atoms with Crippen molar-refractivity contribution in [3.05, 3.63) is 59.2 Å². The number of halogens is 6. The molecular formula is C22H19F6N3O3. The Balaban J connectivity index is 1.75. The average Bonchev–Trinajstić information content (AvgIpc) is 3.22. The molecule has 34 heavy (non-hydrogen) atoms. The van der Waals surface area contributed by atoms with Gasteiger partial charge < -0.3 is 9.47 Å². The number of hydrogen-bond donors (Lipinski definition) is 2. The van der Waals surface area contributed by atoms with Crippen molar-refractivity contribution in [1.82, 2.24) is 5.32 Å². The van der Waals surface area contributed by atoms with Gasteiger partial charge in [-0.1, -0.05) is 6.07 Å². The molecule has 2 aromatic carbocycles. The van der Waals surface area contributed by atoms with Crippen LogP contribution in [0.25, 0.3) is 0 Å². The van der Waals surface area contributed by atoms with E-state index < -0.39 is 47.6 Å². The number of nitrogens with one attached hydrogen (secondary N) is 2. The number of anilines is 1. The summed E-state index contributed by atoms with van der Waals surface area (Å²) in [4.78, 5) is 11.2. The molecule has 1 aliphatic rings. The zero-order chi connectivity index (χ0) is 25.1. The Hall–Kier alpha value is -3.46. The Labute approximate surface area is 190 Å². The molecule has 0 radical (unpaired) electrons. The molecule has 1 fully saturated rings. The van der Waals surface area contributed by atoms with Gasteiger partial charge in [0, 0.05) is 17.6 Å². The fourth-order valence-electron chi connectivity index (χ4n) is 3.77. The number of benzene rings is 2. The monoisotopic (exact) mass is 487 g/mol. The minimum absolute atomic E-state index is 0.130. The average molecular weight is 487 g/mol. The van der Waals surface area contributed by atoms with Crippen molar-refractivity contribution in [2.45, 2.75) is 36.8 Å². The molecule has 2 aromatic rings. The molecule has 0 saturated carbocycles. The van der Waals surface area contributed by atoms with E-state index in [-0.39, 0.29) is 18.6 Å². The van der Waals surface area contributed by atoms with E-state index in [4.69, 9.17) is 10.00 Å². The van der Waals surface area contributed by atoms with Gasteiger partial charge in [-0.25, -0.2) is 4.79 Å². The van der Waals surface area contributed by atoms with Crippen molar-refractivity contribution in [1.29, 1.82) is 5.26 Å². The summed E-state index contributed by atoms with van der Waals surface area (Å²) in [5.41, 5.74) is -1.68. The minimum atomic E-state index is -4.88. The van der Waals surface area contributed by atoms with Gasteiger partial charge in [0.2, 0.25) is 0 Å². The van der Waals surface area contributed by atoms with Gasteiger partial charge in [-0.05, 0) is 48.4 Å². The van der Waals surface area contributed by atoms with Crippen LogP contribution in [0, 0.1) is 11.3 Å². The molecular weight excluding hydrogens is 468 g/mol. The highest BCUT2D eigenvalue weighted by molar-refractivity contribution is 5.84. The van der Waals surface area contributed by atoms with E-state index in [9.17, 15) is 31.1 Å². The maximum absolute atomic E-state index is 13.7. The summed E-state index contributed by atoms with van der Waals surface area (Å²) in [6, 6.07) is 7.16. The van der Waals surface area contributed by atoms with Gasteiger partial charge in [0.15, 0.2) is 0 Å². The number of alkyl halides is 6. The first-order valence-electron chi connectivity index (χ1n) is 9.94. The van der Waals surface area contributed by atoms with Crippen molar-refractivity contribution < 1.29 is 40.6 Å². The molecule has 12 heteroatoms. The van der Waals surface area contributed by atoms with Gasteiger partial charge in [0.1, 0.15) is 18.4 Å². The van der Waals surface area contributed by atoms with Crippen LogP contribution in [0.3, 0.4) is 0 Å². The molecule has 0 aromatic heterocycles. The lowest BCUT2D eigenvalue weighted by atomic mass is 9.88. The lowest BCUT2D eigenvalue weighted by Gasteiger charge is -2.23. The SMILES string of the molecule is COC(=O)Nc1ccc(OC[C@@H]2CC(c3ccc(C#N)c(C(F)(F)F)c3)[C@H](C(F)(F)F)N2)cc1. The lowest BCUT2D eigenvalue weighted by molar-refractivity contribution is -0.156. The Kier molecular flexibility index (Phi) is 7.26. The summed E-state index contributed by atoms with van der Waals surface area (Å²) in [6.45, 7) is -0.171.